The molecule has 0 aliphatic rings. The van der Waals surface area contributed by atoms with Gasteiger partial charge in [-0.25, -0.2) is 4.98 Å². The smallest absolute Gasteiger partial charge is 0.146 e. The van der Waals surface area contributed by atoms with Crippen LogP contribution in [0.25, 0.3) is 49.3 Å². The van der Waals surface area contributed by atoms with Crippen molar-refractivity contribution in [2.24, 2.45) is 0 Å². The van der Waals surface area contributed by atoms with E-state index in [-0.39, 0.29) is 0 Å². The number of aryl methyl sites for hydroxylation is 1. The van der Waals surface area contributed by atoms with E-state index in [0.29, 0.717) is 0 Å². The monoisotopic (exact) mass is 333 g/mol. The van der Waals surface area contributed by atoms with Crippen LogP contribution in [0.15, 0.2) is 72.9 Å². The van der Waals surface area contributed by atoms with Gasteiger partial charge in [0, 0.05) is 17.0 Å². The maximum Gasteiger partial charge on any atom is 0.146 e. The molecule has 3 heteroatoms. The van der Waals surface area contributed by atoms with Crippen LogP contribution in [0.3, 0.4) is 0 Å². The van der Waals surface area contributed by atoms with Crippen LogP contribution < -0.4 is 0 Å². The van der Waals surface area contributed by atoms with Crippen molar-refractivity contribution in [3.05, 3.63) is 78.5 Å². The Morgan fingerprint density at radius 2 is 1.46 bits per heavy atom. The molecular formula is C23H15N3. The Labute approximate surface area is 149 Å². The zero-order valence-electron chi connectivity index (χ0n) is 14.3. The second-order valence-electron chi connectivity index (χ2n) is 6.83. The Kier molecular flexibility index (Phi) is 2.54. The van der Waals surface area contributed by atoms with E-state index in [1.165, 1.54) is 16.3 Å². The van der Waals surface area contributed by atoms with Crippen LogP contribution >= 0.6 is 0 Å². The van der Waals surface area contributed by atoms with Gasteiger partial charge in [-0.2, -0.15) is 0 Å². The van der Waals surface area contributed by atoms with E-state index in [1.807, 2.05) is 12.3 Å². The van der Waals surface area contributed by atoms with Crippen molar-refractivity contribution < 1.29 is 0 Å². The minimum absolute atomic E-state index is 0.996. The molecule has 0 bridgehead atoms. The van der Waals surface area contributed by atoms with Gasteiger partial charge in [0.15, 0.2) is 0 Å². The summed E-state index contributed by atoms with van der Waals surface area (Å²) in [5.41, 5.74) is 6.49. The molecule has 6 aromatic rings. The van der Waals surface area contributed by atoms with Crippen LogP contribution in [0, 0.1) is 6.92 Å². The Morgan fingerprint density at radius 1 is 0.731 bits per heavy atom. The lowest BCUT2D eigenvalue weighted by molar-refractivity contribution is 1.29. The van der Waals surface area contributed by atoms with Crippen molar-refractivity contribution >= 4 is 49.3 Å². The first-order valence-corrected chi connectivity index (χ1v) is 8.78. The molecule has 122 valence electrons. The zero-order chi connectivity index (χ0) is 17.3. The Hall–Kier alpha value is -3.46. The molecular weight excluding hydrogens is 318 g/mol. The zero-order valence-corrected chi connectivity index (χ0v) is 14.3. The Bertz CT molecular complexity index is 1490. The molecule has 26 heavy (non-hydrogen) atoms. The summed E-state index contributed by atoms with van der Waals surface area (Å²) >= 11 is 0. The molecule has 0 atom stereocenters. The van der Waals surface area contributed by atoms with Gasteiger partial charge in [0.1, 0.15) is 5.65 Å². The van der Waals surface area contributed by atoms with Gasteiger partial charge in [0.2, 0.25) is 0 Å². The first-order chi connectivity index (χ1) is 12.8. The van der Waals surface area contributed by atoms with Gasteiger partial charge >= 0.3 is 0 Å². The van der Waals surface area contributed by atoms with Crippen LogP contribution in [0.4, 0.5) is 0 Å². The van der Waals surface area contributed by atoms with E-state index >= 15 is 0 Å². The van der Waals surface area contributed by atoms with E-state index in [1.54, 1.807) is 0 Å². The topological polar surface area (TPSA) is 30.2 Å². The van der Waals surface area contributed by atoms with Gasteiger partial charge < -0.3 is 0 Å². The standard InChI is InChI=1S/C23H15N3/c1-14-6-4-9-19-21(14)25-23-18-13-16-8-3-2-7-15(16)12-17(18)22-20(26(19)23)10-5-11-24-22/h2-13H,1H3. The third kappa shape index (κ3) is 1.67. The van der Waals surface area contributed by atoms with E-state index in [2.05, 4.69) is 72.0 Å². The molecule has 6 rings (SSSR count). The number of para-hydroxylation sites is 1. The normalized spacial score (nSPS) is 12.0. The molecule has 0 saturated carbocycles. The minimum atomic E-state index is 0.996. The number of nitrogens with zero attached hydrogens (tertiary/aromatic N) is 3. The molecule has 0 N–H and O–H groups in total. The summed E-state index contributed by atoms with van der Waals surface area (Å²) in [6, 6.07) is 23.4. The van der Waals surface area contributed by atoms with Crippen molar-refractivity contribution in [1.82, 2.24) is 14.4 Å². The summed E-state index contributed by atoms with van der Waals surface area (Å²) in [6.07, 6.45) is 1.87. The minimum Gasteiger partial charge on any atom is -0.290 e. The van der Waals surface area contributed by atoms with Crippen molar-refractivity contribution in [2.45, 2.75) is 6.92 Å². The quantitative estimate of drug-likeness (QED) is 0.265. The summed E-state index contributed by atoms with van der Waals surface area (Å²) in [5, 5.41) is 4.75. The molecule has 0 aliphatic carbocycles. The van der Waals surface area contributed by atoms with Gasteiger partial charge in [-0.3, -0.25) is 9.38 Å². The van der Waals surface area contributed by atoms with Gasteiger partial charge in [-0.15, -0.1) is 0 Å². The summed E-state index contributed by atoms with van der Waals surface area (Å²) in [7, 11) is 0. The molecule has 3 heterocycles. The van der Waals surface area contributed by atoms with Crippen molar-refractivity contribution in [1.29, 1.82) is 0 Å². The SMILES string of the molecule is Cc1cccc2c1nc1c3cc4ccccc4cc3c3ncccc3n21. The predicted octanol–water partition coefficient (Wildman–Crippen LogP) is 5.65. The summed E-state index contributed by atoms with van der Waals surface area (Å²) in [4.78, 5) is 9.76. The maximum absolute atomic E-state index is 5.03. The van der Waals surface area contributed by atoms with Crippen LogP contribution in [0.5, 0.6) is 0 Å². The number of rotatable bonds is 0. The number of hydrogen-bond acceptors (Lipinski definition) is 2. The van der Waals surface area contributed by atoms with E-state index < -0.39 is 0 Å². The van der Waals surface area contributed by atoms with Gasteiger partial charge in [0.05, 0.1) is 22.1 Å². The molecule has 0 unspecified atom stereocenters. The molecule has 0 radical (unpaired) electrons. The lowest BCUT2D eigenvalue weighted by atomic mass is 10.0. The second-order valence-corrected chi connectivity index (χ2v) is 6.83. The van der Waals surface area contributed by atoms with Crippen LogP contribution in [0.1, 0.15) is 5.56 Å². The average molecular weight is 333 g/mol. The molecule has 0 saturated heterocycles. The summed E-state index contributed by atoms with van der Waals surface area (Å²) < 4.78 is 2.25. The van der Waals surface area contributed by atoms with Gasteiger partial charge in [-0.05, 0) is 53.6 Å². The molecule has 0 fully saturated rings. The van der Waals surface area contributed by atoms with Crippen molar-refractivity contribution in [3.63, 3.8) is 0 Å². The predicted molar refractivity (Wildman–Crippen MR) is 108 cm³/mol. The Balaban J connectivity index is 2.01. The molecule has 0 spiro atoms. The van der Waals surface area contributed by atoms with Crippen LogP contribution in [0.2, 0.25) is 0 Å². The molecule has 0 aliphatic heterocycles. The van der Waals surface area contributed by atoms with E-state index in [9.17, 15) is 0 Å². The third-order valence-corrected chi connectivity index (χ3v) is 5.30. The highest BCUT2D eigenvalue weighted by Gasteiger charge is 2.15. The average Bonchev–Trinajstić information content (AvgIpc) is 3.08. The molecule has 3 aromatic heterocycles. The fraction of sp³-hybridized carbons (Fsp3) is 0.0435. The van der Waals surface area contributed by atoms with Crippen molar-refractivity contribution in [3.8, 4) is 0 Å². The molecule has 3 nitrogen and oxygen atoms in total. The number of benzene rings is 3. The highest BCUT2D eigenvalue weighted by atomic mass is 15.0. The van der Waals surface area contributed by atoms with Crippen molar-refractivity contribution in [2.75, 3.05) is 0 Å². The first-order valence-electron chi connectivity index (χ1n) is 8.78. The number of fused-ring (bicyclic) bond motifs is 9. The third-order valence-electron chi connectivity index (χ3n) is 5.30. The highest BCUT2D eigenvalue weighted by Crippen LogP contribution is 2.34. The lowest BCUT2D eigenvalue weighted by Crippen LogP contribution is -1.93. The van der Waals surface area contributed by atoms with Crippen LogP contribution in [-0.2, 0) is 0 Å². The van der Waals surface area contributed by atoms with Gasteiger partial charge in [-0.1, -0.05) is 36.4 Å². The van der Waals surface area contributed by atoms with Gasteiger partial charge in [0.25, 0.3) is 0 Å². The van der Waals surface area contributed by atoms with Crippen LogP contribution in [-0.4, -0.2) is 14.4 Å². The number of pyridine rings is 2. The maximum atomic E-state index is 5.03. The molecule has 3 aromatic carbocycles. The Morgan fingerprint density at radius 3 is 2.31 bits per heavy atom. The lowest BCUT2D eigenvalue weighted by Gasteiger charge is -2.09. The number of imidazole rings is 1. The fourth-order valence-corrected chi connectivity index (χ4v) is 4.07. The largest absolute Gasteiger partial charge is 0.290 e. The highest BCUT2D eigenvalue weighted by molar-refractivity contribution is 6.16. The summed E-state index contributed by atoms with van der Waals surface area (Å²) in [5.74, 6) is 0. The van der Waals surface area contributed by atoms with E-state index in [4.69, 9.17) is 9.97 Å². The number of aromatic nitrogens is 3. The van der Waals surface area contributed by atoms with E-state index in [0.717, 1.165) is 38.5 Å². The summed E-state index contributed by atoms with van der Waals surface area (Å²) in [6.45, 7) is 2.12. The first kappa shape index (κ1) is 13.8. The fourth-order valence-electron chi connectivity index (χ4n) is 4.07. The molecule has 0 amide bonds. The number of hydrogen-bond donors (Lipinski definition) is 0. The second kappa shape index (κ2) is 4.79.